The van der Waals surface area contributed by atoms with Crippen molar-refractivity contribution in [2.24, 2.45) is 5.16 Å². The normalized spacial score (nSPS) is 11.3. The zero-order valence-electron chi connectivity index (χ0n) is 4.39. The summed E-state index contributed by atoms with van der Waals surface area (Å²) in [6.45, 7) is 5.31. The van der Waals surface area contributed by atoms with Crippen LogP contribution in [0, 0.1) is 0 Å². The summed E-state index contributed by atoms with van der Waals surface area (Å²) in [5.74, 6) is 0. The molecule has 0 aromatic heterocycles. The van der Waals surface area contributed by atoms with E-state index in [-0.39, 0.29) is 0 Å². The highest BCUT2D eigenvalue weighted by molar-refractivity contribution is 5.93. The van der Waals surface area contributed by atoms with Crippen molar-refractivity contribution < 1.29 is 5.21 Å². The zero-order valence-corrected chi connectivity index (χ0v) is 4.39. The number of nitrogens with zero attached hydrogens (tertiary/aromatic N) is 1. The highest BCUT2D eigenvalue weighted by atomic mass is 16.4. The van der Waals surface area contributed by atoms with Crippen molar-refractivity contribution in [1.29, 1.82) is 0 Å². The summed E-state index contributed by atoms with van der Waals surface area (Å²) in [6, 6.07) is 0. The lowest BCUT2D eigenvalue weighted by Crippen LogP contribution is -1.86. The van der Waals surface area contributed by atoms with E-state index in [4.69, 9.17) is 5.21 Å². The van der Waals surface area contributed by atoms with E-state index in [1.54, 1.807) is 0 Å². The first-order valence-electron chi connectivity index (χ1n) is 2.18. The van der Waals surface area contributed by atoms with Gasteiger partial charge in [0, 0.05) is 0 Å². The Labute approximate surface area is 43.2 Å². The van der Waals surface area contributed by atoms with Crippen LogP contribution in [0.3, 0.4) is 0 Å². The Morgan fingerprint density at radius 2 is 2.57 bits per heavy atom. The largest absolute Gasteiger partial charge is 0.411 e. The molecule has 7 heavy (non-hydrogen) atoms. The van der Waals surface area contributed by atoms with E-state index < -0.39 is 0 Å². The fourth-order valence-electron chi connectivity index (χ4n) is 0.256. The zero-order chi connectivity index (χ0) is 5.70. The van der Waals surface area contributed by atoms with Crippen LogP contribution in [0.4, 0.5) is 0 Å². The van der Waals surface area contributed by atoms with Crippen LogP contribution in [0.15, 0.2) is 17.8 Å². The Morgan fingerprint density at radius 1 is 2.00 bits per heavy atom. The highest BCUT2D eigenvalue weighted by Crippen LogP contribution is 1.82. The highest BCUT2D eigenvalue weighted by Gasteiger charge is 1.82. The van der Waals surface area contributed by atoms with Crippen LogP contribution in [0.1, 0.15) is 13.3 Å². The van der Waals surface area contributed by atoms with Crippen molar-refractivity contribution in [1.82, 2.24) is 0 Å². The molecule has 2 heteroatoms. The lowest BCUT2D eigenvalue weighted by Gasteiger charge is -1.84. The van der Waals surface area contributed by atoms with Crippen molar-refractivity contribution in [3.05, 3.63) is 12.7 Å². The summed E-state index contributed by atoms with van der Waals surface area (Å²) in [4.78, 5) is 0. The molecule has 0 aliphatic rings. The van der Waals surface area contributed by atoms with Gasteiger partial charge in [-0.05, 0) is 12.5 Å². The Bertz CT molecular complexity index is 86.1. The SMILES string of the molecule is C=CC(CC)=NO. The number of oxime groups is 1. The number of hydrogen-bond acceptors (Lipinski definition) is 2. The Morgan fingerprint density at radius 3 is 2.57 bits per heavy atom. The van der Waals surface area contributed by atoms with E-state index >= 15 is 0 Å². The molecule has 0 radical (unpaired) electrons. The third kappa shape index (κ3) is 1.98. The van der Waals surface area contributed by atoms with Crippen molar-refractivity contribution in [3.8, 4) is 0 Å². The third-order valence-electron chi connectivity index (χ3n) is 0.726. The topological polar surface area (TPSA) is 32.6 Å². The first-order valence-corrected chi connectivity index (χ1v) is 2.18. The first-order chi connectivity index (χ1) is 3.35. The van der Waals surface area contributed by atoms with E-state index in [9.17, 15) is 0 Å². The van der Waals surface area contributed by atoms with Crippen LogP contribution in [-0.2, 0) is 0 Å². The molecule has 0 saturated carbocycles. The van der Waals surface area contributed by atoms with Gasteiger partial charge in [-0.1, -0.05) is 18.7 Å². The van der Waals surface area contributed by atoms with Gasteiger partial charge >= 0.3 is 0 Å². The van der Waals surface area contributed by atoms with Crippen LogP contribution < -0.4 is 0 Å². The Kier molecular flexibility index (Phi) is 3.02. The second-order valence-corrected chi connectivity index (χ2v) is 1.15. The summed E-state index contributed by atoms with van der Waals surface area (Å²) in [5.41, 5.74) is 0.625. The second-order valence-electron chi connectivity index (χ2n) is 1.15. The summed E-state index contributed by atoms with van der Waals surface area (Å²) >= 11 is 0. The molecule has 0 rings (SSSR count). The molecule has 0 heterocycles. The second kappa shape index (κ2) is 3.40. The molecule has 2 nitrogen and oxygen atoms in total. The van der Waals surface area contributed by atoms with Crippen LogP contribution in [0.2, 0.25) is 0 Å². The summed E-state index contributed by atoms with van der Waals surface area (Å²) in [7, 11) is 0. The van der Waals surface area contributed by atoms with Gasteiger partial charge in [-0.3, -0.25) is 0 Å². The molecule has 0 unspecified atom stereocenters. The number of hydrogen-bond donors (Lipinski definition) is 1. The Hall–Kier alpha value is -0.790. The standard InChI is InChI=1S/C5H9NO/c1-3-5(4-2)6-7/h3,7H,1,4H2,2H3. The van der Waals surface area contributed by atoms with Gasteiger partial charge in [0.25, 0.3) is 0 Å². The van der Waals surface area contributed by atoms with Gasteiger partial charge in [-0.25, -0.2) is 0 Å². The van der Waals surface area contributed by atoms with Gasteiger partial charge in [0.05, 0.1) is 5.71 Å². The van der Waals surface area contributed by atoms with E-state index in [2.05, 4.69) is 11.7 Å². The minimum absolute atomic E-state index is 0.625. The average molecular weight is 99.1 g/mol. The average Bonchev–Trinajstić information content (AvgIpc) is 1.72. The fraction of sp³-hybridized carbons (Fsp3) is 0.400. The molecular formula is C5H9NO. The van der Waals surface area contributed by atoms with Gasteiger partial charge in [0.15, 0.2) is 0 Å². The van der Waals surface area contributed by atoms with E-state index in [0.29, 0.717) is 5.71 Å². The number of rotatable bonds is 2. The molecule has 0 aliphatic carbocycles. The van der Waals surface area contributed by atoms with Gasteiger partial charge in [-0.15, -0.1) is 0 Å². The molecule has 0 saturated heterocycles. The monoisotopic (exact) mass is 99.1 g/mol. The van der Waals surface area contributed by atoms with Crippen LogP contribution in [0.5, 0.6) is 0 Å². The molecule has 0 aromatic rings. The molecule has 0 spiro atoms. The summed E-state index contributed by atoms with van der Waals surface area (Å²) in [5, 5.41) is 11.0. The van der Waals surface area contributed by atoms with Crippen molar-refractivity contribution in [3.63, 3.8) is 0 Å². The predicted octanol–water partition coefficient (Wildman–Crippen LogP) is 1.41. The van der Waals surface area contributed by atoms with Crippen LogP contribution in [0.25, 0.3) is 0 Å². The van der Waals surface area contributed by atoms with E-state index in [1.807, 2.05) is 6.92 Å². The fourth-order valence-corrected chi connectivity index (χ4v) is 0.256. The molecule has 0 amide bonds. The van der Waals surface area contributed by atoms with Crippen LogP contribution in [-0.4, -0.2) is 10.9 Å². The van der Waals surface area contributed by atoms with Crippen molar-refractivity contribution in [2.45, 2.75) is 13.3 Å². The molecule has 0 fully saturated rings. The number of allylic oxidation sites excluding steroid dienone is 1. The quantitative estimate of drug-likeness (QED) is 0.317. The van der Waals surface area contributed by atoms with E-state index in [0.717, 1.165) is 6.42 Å². The molecule has 0 aliphatic heterocycles. The summed E-state index contributed by atoms with van der Waals surface area (Å²) in [6.07, 6.45) is 2.26. The Balaban J connectivity index is 3.60. The van der Waals surface area contributed by atoms with Gasteiger partial charge in [0.2, 0.25) is 0 Å². The van der Waals surface area contributed by atoms with Crippen molar-refractivity contribution in [2.75, 3.05) is 0 Å². The minimum Gasteiger partial charge on any atom is -0.411 e. The van der Waals surface area contributed by atoms with Crippen molar-refractivity contribution >= 4 is 5.71 Å². The smallest absolute Gasteiger partial charge is 0.0787 e. The molecular weight excluding hydrogens is 90.1 g/mol. The summed E-state index contributed by atoms with van der Waals surface area (Å²) < 4.78 is 0. The lowest BCUT2D eigenvalue weighted by molar-refractivity contribution is 0.318. The molecule has 0 aromatic carbocycles. The maximum Gasteiger partial charge on any atom is 0.0787 e. The molecule has 40 valence electrons. The van der Waals surface area contributed by atoms with Gasteiger partial charge < -0.3 is 5.21 Å². The van der Waals surface area contributed by atoms with E-state index in [1.165, 1.54) is 6.08 Å². The lowest BCUT2D eigenvalue weighted by atomic mass is 10.3. The minimum atomic E-state index is 0.625. The molecule has 0 bridgehead atoms. The predicted molar refractivity (Wildman–Crippen MR) is 29.7 cm³/mol. The third-order valence-corrected chi connectivity index (χ3v) is 0.726. The first kappa shape index (κ1) is 6.21. The van der Waals surface area contributed by atoms with Crippen LogP contribution >= 0.6 is 0 Å². The van der Waals surface area contributed by atoms with Gasteiger partial charge in [-0.2, -0.15) is 0 Å². The molecule has 0 atom stereocenters. The maximum absolute atomic E-state index is 8.04. The molecule has 1 N–H and O–H groups in total. The van der Waals surface area contributed by atoms with Gasteiger partial charge in [0.1, 0.15) is 0 Å². The maximum atomic E-state index is 8.04.